The Kier molecular flexibility index (Phi) is 5.22. The molecule has 5 fully saturated rings. The number of para-hydroxylation sites is 1. The van der Waals surface area contributed by atoms with Gasteiger partial charge in [-0.3, -0.25) is 14.9 Å². The van der Waals surface area contributed by atoms with Gasteiger partial charge in [0.2, 0.25) is 0 Å². The van der Waals surface area contributed by atoms with E-state index < -0.39 is 17.8 Å². The fraction of sp³-hybridized carbons (Fsp3) is 0.344. The molecule has 0 unspecified atom stereocenters. The third-order valence-electron chi connectivity index (χ3n) is 9.32. The number of anilines is 1. The van der Waals surface area contributed by atoms with Crippen LogP contribution < -0.4 is 10.2 Å². The molecule has 0 radical (unpaired) electrons. The summed E-state index contributed by atoms with van der Waals surface area (Å²) in [6.45, 7) is 4.42. The largest absolute Gasteiger partial charge is 0.343 e. The summed E-state index contributed by atoms with van der Waals surface area (Å²) >= 11 is 0. The van der Waals surface area contributed by atoms with E-state index in [9.17, 15) is 14.4 Å². The molecule has 1 saturated heterocycles. The Morgan fingerprint density at radius 3 is 2.24 bits per heavy atom. The van der Waals surface area contributed by atoms with Gasteiger partial charge in [-0.05, 0) is 91.5 Å². The van der Waals surface area contributed by atoms with Gasteiger partial charge in [0.1, 0.15) is 5.57 Å². The molecular weight excluding hydrogens is 474 g/mol. The van der Waals surface area contributed by atoms with E-state index in [0.29, 0.717) is 12.2 Å². The maximum absolute atomic E-state index is 13.6. The standard InChI is InChI=1S/C32H31N3O3/c1-2-11-34-19-23(26-5-3-4-6-28(26)34)15-27-29(36)33-31(38)35(30(27)37)25-9-7-24(8-10-25)32-16-20-12-21(17-32)14-22(13-20)18-32/h2-10,15,19-22H,1,11-14,16-18H2,(H,33,36,38)/b27-15+. The smallest absolute Gasteiger partial charge is 0.335 e. The summed E-state index contributed by atoms with van der Waals surface area (Å²) in [5.41, 5.74) is 3.71. The average molecular weight is 506 g/mol. The van der Waals surface area contributed by atoms with Gasteiger partial charge in [0.25, 0.3) is 11.8 Å². The predicted molar refractivity (Wildman–Crippen MR) is 147 cm³/mol. The van der Waals surface area contributed by atoms with Gasteiger partial charge < -0.3 is 4.57 Å². The molecular formula is C32H31N3O3. The number of fused-ring (bicyclic) bond motifs is 1. The zero-order chi connectivity index (χ0) is 26.0. The van der Waals surface area contributed by atoms with Gasteiger partial charge in [-0.25, -0.2) is 9.69 Å². The van der Waals surface area contributed by atoms with Crippen LogP contribution in [0, 0.1) is 17.8 Å². The van der Waals surface area contributed by atoms with Gasteiger partial charge in [-0.15, -0.1) is 6.58 Å². The Bertz CT molecular complexity index is 1490. The highest BCUT2D eigenvalue weighted by atomic mass is 16.2. The third-order valence-corrected chi connectivity index (χ3v) is 9.32. The van der Waals surface area contributed by atoms with Crippen LogP contribution in [-0.2, 0) is 21.5 Å². The average Bonchev–Trinajstić information content (AvgIpc) is 3.23. The first-order valence-corrected chi connectivity index (χ1v) is 13.6. The van der Waals surface area contributed by atoms with Crippen LogP contribution in [0.25, 0.3) is 17.0 Å². The van der Waals surface area contributed by atoms with E-state index in [2.05, 4.69) is 24.0 Å². The van der Waals surface area contributed by atoms with E-state index in [1.54, 1.807) is 12.2 Å². The summed E-state index contributed by atoms with van der Waals surface area (Å²) in [6, 6.07) is 15.1. The predicted octanol–water partition coefficient (Wildman–Crippen LogP) is 5.96. The fourth-order valence-electron chi connectivity index (χ4n) is 8.16. The first-order chi connectivity index (χ1) is 18.4. The summed E-state index contributed by atoms with van der Waals surface area (Å²) in [5.74, 6) is 1.23. The van der Waals surface area contributed by atoms with Crippen molar-refractivity contribution in [2.75, 3.05) is 4.90 Å². The van der Waals surface area contributed by atoms with Crippen LogP contribution >= 0.6 is 0 Å². The molecule has 2 aromatic carbocycles. The summed E-state index contributed by atoms with van der Waals surface area (Å²) in [6.07, 6.45) is 13.2. The van der Waals surface area contributed by atoms with Crippen molar-refractivity contribution in [3.8, 4) is 0 Å². The van der Waals surface area contributed by atoms with Crippen LogP contribution in [-0.4, -0.2) is 22.4 Å². The Morgan fingerprint density at radius 1 is 0.921 bits per heavy atom. The highest BCUT2D eigenvalue weighted by Crippen LogP contribution is 2.60. The highest BCUT2D eigenvalue weighted by molar-refractivity contribution is 6.39. The molecule has 6 heteroatoms. The molecule has 5 aliphatic rings. The van der Waals surface area contributed by atoms with Crippen LogP contribution in [0.1, 0.15) is 49.7 Å². The first-order valence-electron chi connectivity index (χ1n) is 13.6. The van der Waals surface area contributed by atoms with Crippen LogP contribution in [0.2, 0.25) is 0 Å². The molecule has 3 aromatic rings. The van der Waals surface area contributed by atoms with Gasteiger partial charge in [-0.1, -0.05) is 36.4 Å². The van der Waals surface area contributed by atoms with Gasteiger partial charge in [-0.2, -0.15) is 0 Å². The molecule has 1 aromatic heterocycles. The number of allylic oxidation sites excluding steroid dienone is 1. The Hall–Kier alpha value is -3.93. The van der Waals surface area contributed by atoms with Crippen molar-refractivity contribution in [3.05, 3.63) is 84.1 Å². The van der Waals surface area contributed by atoms with Crippen LogP contribution in [0.3, 0.4) is 0 Å². The zero-order valence-corrected chi connectivity index (χ0v) is 21.4. The lowest BCUT2D eigenvalue weighted by molar-refractivity contribution is -0.122. The van der Waals surface area contributed by atoms with Crippen molar-refractivity contribution in [3.63, 3.8) is 0 Å². The van der Waals surface area contributed by atoms with Gasteiger partial charge in [0.15, 0.2) is 0 Å². The Balaban J connectivity index is 1.21. The summed E-state index contributed by atoms with van der Waals surface area (Å²) in [7, 11) is 0. The number of benzene rings is 2. The molecule has 1 aliphatic heterocycles. The van der Waals surface area contributed by atoms with E-state index in [1.807, 2.05) is 47.2 Å². The molecule has 4 saturated carbocycles. The molecule has 2 heterocycles. The van der Waals surface area contributed by atoms with Crippen molar-refractivity contribution in [1.29, 1.82) is 0 Å². The fourth-order valence-corrected chi connectivity index (χ4v) is 8.16. The summed E-state index contributed by atoms with van der Waals surface area (Å²) < 4.78 is 2.02. The molecule has 6 nitrogen and oxygen atoms in total. The number of hydrogen-bond donors (Lipinski definition) is 1. The molecule has 0 spiro atoms. The van der Waals surface area contributed by atoms with Crippen LogP contribution in [0.15, 0.2) is 73.0 Å². The number of aromatic nitrogens is 1. The van der Waals surface area contributed by atoms with E-state index >= 15 is 0 Å². The Morgan fingerprint density at radius 2 is 1.58 bits per heavy atom. The second-order valence-electron chi connectivity index (χ2n) is 11.7. The van der Waals surface area contributed by atoms with Crippen LogP contribution in [0.5, 0.6) is 0 Å². The number of barbiturate groups is 1. The van der Waals surface area contributed by atoms with E-state index in [0.717, 1.165) is 39.1 Å². The summed E-state index contributed by atoms with van der Waals surface area (Å²) in [4.78, 5) is 40.3. The maximum Gasteiger partial charge on any atom is 0.335 e. The number of urea groups is 1. The lowest BCUT2D eigenvalue weighted by Crippen LogP contribution is -2.54. The number of amides is 4. The normalized spacial score (nSPS) is 29.4. The van der Waals surface area contributed by atoms with Gasteiger partial charge in [0, 0.05) is 29.2 Å². The molecule has 0 atom stereocenters. The Labute approximate surface area is 222 Å². The number of imide groups is 2. The van der Waals surface area contributed by atoms with Crippen molar-refractivity contribution >= 4 is 40.5 Å². The van der Waals surface area contributed by atoms with Crippen LogP contribution in [0.4, 0.5) is 10.5 Å². The SMILES string of the molecule is C=CCn1cc(/C=C2\C(=O)NC(=O)N(c3ccc(C45CC6CC(CC(C6)C4)C5)cc3)C2=O)c2ccccc21. The van der Waals surface area contributed by atoms with Crippen molar-refractivity contribution < 1.29 is 14.4 Å². The quantitative estimate of drug-likeness (QED) is 0.264. The minimum atomic E-state index is -0.714. The van der Waals surface area contributed by atoms with Gasteiger partial charge >= 0.3 is 6.03 Å². The minimum absolute atomic E-state index is 0.0590. The molecule has 192 valence electrons. The highest BCUT2D eigenvalue weighted by Gasteiger charge is 2.51. The molecule has 4 amide bonds. The molecule has 8 rings (SSSR count). The third kappa shape index (κ3) is 3.57. The number of carbonyl (C=O) groups is 3. The minimum Gasteiger partial charge on any atom is -0.343 e. The van der Waals surface area contributed by atoms with E-state index in [-0.39, 0.29) is 11.0 Å². The first kappa shape index (κ1) is 23.2. The van der Waals surface area contributed by atoms with Crippen molar-refractivity contribution in [2.24, 2.45) is 17.8 Å². The number of rotatable bonds is 5. The maximum atomic E-state index is 13.6. The number of hydrogen-bond acceptors (Lipinski definition) is 3. The lowest BCUT2D eigenvalue weighted by atomic mass is 9.48. The van der Waals surface area contributed by atoms with E-state index in [1.165, 1.54) is 44.1 Å². The van der Waals surface area contributed by atoms with Crippen molar-refractivity contribution in [2.45, 2.75) is 50.5 Å². The summed E-state index contributed by atoms with van der Waals surface area (Å²) in [5, 5.41) is 3.29. The van der Waals surface area contributed by atoms with Crippen molar-refractivity contribution in [1.82, 2.24) is 9.88 Å². The topological polar surface area (TPSA) is 71.4 Å². The monoisotopic (exact) mass is 505 g/mol. The molecule has 38 heavy (non-hydrogen) atoms. The molecule has 4 bridgehead atoms. The molecule has 1 N–H and O–H groups in total. The van der Waals surface area contributed by atoms with E-state index in [4.69, 9.17) is 0 Å². The second kappa shape index (κ2) is 8.55. The number of nitrogens with zero attached hydrogens (tertiary/aromatic N) is 2. The number of nitrogens with one attached hydrogen (secondary N) is 1. The molecule has 4 aliphatic carbocycles. The lowest BCUT2D eigenvalue weighted by Gasteiger charge is -2.57. The van der Waals surface area contributed by atoms with Gasteiger partial charge in [0.05, 0.1) is 5.69 Å². The number of carbonyl (C=O) groups excluding carboxylic acids is 3. The second-order valence-corrected chi connectivity index (χ2v) is 11.7. The zero-order valence-electron chi connectivity index (χ0n) is 21.4.